The van der Waals surface area contributed by atoms with E-state index in [0.29, 0.717) is 5.56 Å². The van der Waals surface area contributed by atoms with Crippen LogP contribution in [0.25, 0.3) is 0 Å². The van der Waals surface area contributed by atoms with E-state index in [1.54, 1.807) is 25.1 Å². The van der Waals surface area contributed by atoms with Gasteiger partial charge in [0.05, 0.1) is 11.3 Å². The first-order chi connectivity index (χ1) is 8.04. The van der Waals surface area contributed by atoms with Gasteiger partial charge < -0.3 is 4.84 Å². The molecule has 0 amide bonds. The fourth-order valence-corrected chi connectivity index (χ4v) is 2.46. The third-order valence-electron chi connectivity index (χ3n) is 2.40. The van der Waals surface area contributed by atoms with E-state index in [1.165, 1.54) is 6.07 Å². The van der Waals surface area contributed by atoms with Crippen molar-refractivity contribution in [2.75, 3.05) is 0 Å². The third-order valence-corrected chi connectivity index (χ3v) is 3.72. The molecule has 1 heterocycles. The molecule has 6 heteroatoms. The van der Waals surface area contributed by atoms with Gasteiger partial charge in [-0.3, -0.25) is 0 Å². The molecule has 1 aromatic carbocycles. The summed E-state index contributed by atoms with van der Waals surface area (Å²) in [5.41, 5.74) is 1.23. The van der Waals surface area contributed by atoms with Crippen molar-refractivity contribution in [2.24, 2.45) is 9.55 Å². The fourth-order valence-electron chi connectivity index (χ4n) is 1.33. The van der Waals surface area contributed by atoms with E-state index < -0.39 is 10.0 Å². The Labute approximate surface area is 99.9 Å². The lowest BCUT2D eigenvalue weighted by Crippen LogP contribution is -2.01. The van der Waals surface area contributed by atoms with Crippen LogP contribution in [-0.4, -0.2) is 20.0 Å². The van der Waals surface area contributed by atoms with Crippen LogP contribution < -0.4 is 0 Å². The van der Waals surface area contributed by atoms with E-state index in [4.69, 9.17) is 4.84 Å². The van der Waals surface area contributed by atoms with E-state index in [2.05, 4.69) is 9.55 Å². The summed E-state index contributed by atoms with van der Waals surface area (Å²) in [5.74, 6) is 0.0356. The highest BCUT2D eigenvalue weighted by atomic mass is 32.2. The highest BCUT2D eigenvalue weighted by molar-refractivity contribution is 7.90. The van der Waals surface area contributed by atoms with E-state index in [9.17, 15) is 8.42 Å². The molecule has 0 spiro atoms. The minimum absolute atomic E-state index is 0.0356. The zero-order valence-corrected chi connectivity index (χ0v) is 10.4. The molecule has 2 rings (SSSR count). The molecule has 0 aliphatic carbocycles. The predicted molar refractivity (Wildman–Crippen MR) is 64.6 cm³/mol. The highest BCUT2D eigenvalue weighted by Gasteiger charge is 2.30. The lowest BCUT2D eigenvalue weighted by Gasteiger charge is -1.99. The van der Waals surface area contributed by atoms with Crippen LogP contribution in [0, 0.1) is 0 Å². The normalized spacial score (nSPS) is 17.5. The topological polar surface area (TPSA) is 68.1 Å². The summed E-state index contributed by atoms with van der Waals surface area (Å²) in [4.78, 5) is 5.24. The van der Waals surface area contributed by atoms with E-state index >= 15 is 0 Å². The molecule has 1 aliphatic heterocycles. The molecule has 0 fully saturated rings. The van der Waals surface area contributed by atoms with Gasteiger partial charge in [0.25, 0.3) is 15.9 Å². The Kier molecular flexibility index (Phi) is 2.97. The molecular formula is C11H12N2O3S. The Bertz CT molecular complexity index is 603. The average molecular weight is 252 g/mol. The summed E-state index contributed by atoms with van der Waals surface area (Å²) in [6, 6.07) is 6.53. The first-order valence-corrected chi connectivity index (χ1v) is 6.63. The van der Waals surface area contributed by atoms with Crippen LogP contribution in [0.15, 0.2) is 38.7 Å². The maximum absolute atomic E-state index is 11.7. The second kappa shape index (κ2) is 4.29. The Morgan fingerprint density at radius 1 is 1.41 bits per heavy atom. The number of fused-ring (bicyclic) bond motifs is 1. The number of hydrogen-bond donors (Lipinski definition) is 0. The van der Waals surface area contributed by atoms with Gasteiger partial charge >= 0.3 is 0 Å². The molecule has 1 aromatic rings. The predicted octanol–water partition coefficient (Wildman–Crippen LogP) is 1.94. The van der Waals surface area contributed by atoms with Crippen LogP contribution in [0.2, 0.25) is 0 Å². The second-order valence-electron chi connectivity index (χ2n) is 3.64. The van der Waals surface area contributed by atoms with Crippen LogP contribution in [-0.2, 0) is 14.9 Å². The second-order valence-corrected chi connectivity index (χ2v) is 5.21. The van der Waals surface area contributed by atoms with Crippen molar-refractivity contribution in [2.45, 2.75) is 25.2 Å². The highest BCUT2D eigenvalue weighted by Crippen LogP contribution is 2.26. The van der Waals surface area contributed by atoms with E-state index in [-0.39, 0.29) is 10.8 Å². The molecule has 0 radical (unpaired) electrons. The zero-order valence-electron chi connectivity index (χ0n) is 9.54. The zero-order chi connectivity index (χ0) is 12.5. The molecular weight excluding hydrogens is 240 g/mol. The van der Waals surface area contributed by atoms with Crippen molar-refractivity contribution < 1.29 is 13.3 Å². The molecule has 1 aliphatic rings. The smallest absolute Gasteiger partial charge is 0.286 e. The van der Waals surface area contributed by atoms with Crippen LogP contribution >= 0.6 is 0 Å². The van der Waals surface area contributed by atoms with Crippen molar-refractivity contribution in [1.82, 2.24) is 0 Å². The van der Waals surface area contributed by atoms with Crippen molar-refractivity contribution in [1.29, 1.82) is 0 Å². The maximum atomic E-state index is 11.7. The molecule has 0 N–H and O–H groups in total. The molecule has 0 unspecified atom stereocenters. The van der Waals surface area contributed by atoms with Crippen LogP contribution in [0.3, 0.4) is 0 Å². The molecule has 0 bridgehead atoms. The Morgan fingerprint density at radius 2 is 2.12 bits per heavy atom. The summed E-state index contributed by atoms with van der Waals surface area (Å²) in [5, 5.41) is 3.81. The number of hydrogen-bond acceptors (Lipinski definition) is 4. The molecule has 0 atom stereocenters. The Morgan fingerprint density at radius 3 is 2.82 bits per heavy atom. The Hall–Kier alpha value is -1.69. The van der Waals surface area contributed by atoms with Gasteiger partial charge in [-0.2, -0.15) is 8.42 Å². The van der Waals surface area contributed by atoms with Gasteiger partial charge in [-0.15, -0.1) is 4.40 Å². The lowest BCUT2D eigenvalue weighted by molar-refractivity contribution is 0.329. The maximum Gasteiger partial charge on any atom is 0.286 e. The quantitative estimate of drug-likeness (QED) is 0.596. The average Bonchev–Trinajstić information content (AvgIpc) is 2.59. The van der Waals surface area contributed by atoms with Gasteiger partial charge in [-0.25, -0.2) is 0 Å². The molecule has 0 saturated carbocycles. The molecule has 90 valence electrons. The van der Waals surface area contributed by atoms with Crippen molar-refractivity contribution in [3.8, 4) is 0 Å². The minimum atomic E-state index is -3.62. The standard InChI is InChI=1S/C11H12N2O3S/c1-3-8(2)12-16-11-9-6-4-5-7-10(9)17(14,15)13-11/h4-7H,3H2,1-2H3/b12-8+. The molecule has 5 nitrogen and oxygen atoms in total. The molecule has 0 aromatic heterocycles. The number of nitrogens with zero attached hydrogens (tertiary/aromatic N) is 2. The summed E-state index contributed by atoms with van der Waals surface area (Å²) >= 11 is 0. The lowest BCUT2D eigenvalue weighted by atomic mass is 10.2. The number of benzene rings is 1. The van der Waals surface area contributed by atoms with Crippen molar-refractivity contribution >= 4 is 21.6 Å². The summed E-state index contributed by atoms with van der Waals surface area (Å²) < 4.78 is 26.9. The van der Waals surface area contributed by atoms with E-state index in [0.717, 1.165) is 12.1 Å². The first-order valence-electron chi connectivity index (χ1n) is 5.19. The molecule has 0 saturated heterocycles. The van der Waals surface area contributed by atoms with Gasteiger partial charge in [0.15, 0.2) is 0 Å². The van der Waals surface area contributed by atoms with Crippen LogP contribution in [0.4, 0.5) is 0 Å². The monoisotopic (exact) mass is 252 g/mol. The minimum Gasteiger partial charge on any atom is -0.335 e. The Balaban J connectivity index is 2.39. The largest absolute Gasteiger partial charge is 0.335 e. The van der Waals surface area contributed by atoms with Gasteiger partial charge in [-0.05, 0) is 25.5 Å². The molecule has 17 heavy (non-hydrogen) atoms. The van der Waals surface area contributed by atoms with Gasteiger partial charge in [0, 0.05) is 0 Å². The van der Waals surface area contributed by atoms with E-state index in [1.807, 2.05) is 6.92 Å². The summed E-state index contributed by atoms with van der Waals surface area (Å²) in [6.45, 7) is 3.74. The number of sulfonamides is 1. The van der Waals surface area contributed by atoms with Gasteiger partial charge in [-0.1, -0.05) is 24.2 Å². The first kappa shape index (κ1) is 11.8. The fraction of sp³-hybridized carbons (Fsp3) is 0.273. The van der Waals surface area contributed by atoms with Crippen LogP contribution in [0.1, 0.15) is 25.8 Å². The number of rotatable bonds is 2. The van der Waals surface area contributed by atoms with Gasteiger partial charge in [0.1, 0.15) is 4.90 Å². The van der Waals surface area contributed by atoms with Crippen molar-refractivity contribution in [3.63, 3.8) is 0 Å². The van der Waals surface area contributed by atoms with Crippen molar-refractivity contribution in [3.05, 3.63) is 29.8 Å². The SMILES string of the molecule is CC/C(C)=N/OC1=NS(=O)(=O)c2ccccc21. The summed E-state index contributed by atoms with van der Waals surface area (Å²) in [7, 11) is -3.62. The van der Waals surface area contributed by atoms with Gasteiger partial charge in [0.2, 0.25) is 0 Å². The summed E-state index contributed by atoms with van der Waals surface area (Å²) in [6.07, 6.45) is 0.738. The van der Waals surface area contributed by atoms with Crippen LogP contribution in [0.5, 0.6) is 0 Å². The third kappa shape index (κ3) is 2.21. The number of oxime groups is 1.